The minimum atomic E-state index is -0.231. The lowest BCUT2D eigenvalue weighted by molar-refractivity contribution is -0.119. The highest BCUT2D eigenvalue weighted by molar-refractivity contribution is 7.99. The summed E-state index contributed by atoms with van der Waals surface area (Å²) in [5.74, 6) is 1.21. The Morgan fingerprint density at radius 3 is 2.76 bits per heavy atom. The van der Waals surface area contributed by atoms with Crippen molar-refractivity contribution in [2.75, 3.05) is 11.1 Å². The molecule has 0 aliphatic carbocycles. The van der Waals surface area contributed by atoms with Gasteiger partial charge in [0.2, 0.25) is 5.91 Å². The number of nitrogens with zero attached hydrogens (tertiary/aromatic N) is 3. The van der Waals surface area contributed by atoms with E-state index in [1.54, 1.807) is 12.3 Å². The minimum Gasteiger partial charge on any atom is -0.461 e. The molecule has 0 aliphatic heterocycles. The third kappa shape index (κ3) is 5.15. The van der Waals surface area contributed by atoms with Crippen LogP contribution in [0.4, 0.5) is 5.69 Å². The summed E-state index contributed by atoms with van der Waals surface area (Å²) in [4.78, 5) is 12.2. The van der Waals surface area contributed by atoms with Crippen LogP contribution in [0.5, 0.6) is 0 Å². The molecule has 29 heavy (non-hydrogen) atoms. The number of nitrogens with one attached hydrogen (secondary N) is 3. The number of hydrogen-bond acceptors (Lipinski definition) is 6. The van der Waals surface area contributed by atoms with Crippen LogP contribution in [0, 0.1) is 13.8 Å². The fourth-order valence-electron chi connectivity index (χ4n) is 2.60. The first-order valence-corrected chi connectivity index (χ1v) is 10.4. The number of rotatable bonds is 6. The van der Waals surface area contributed by atoms with E-state index in [9.17, 15) is 4.79 Å². The molecule has 3 N–H and O–H groups in total. The summed E-state index contributed by atoms with van der Waals surface area (Å²) in [5.41, 5.74) is 8.47. The molecule has 0 bridgehead atoms. The second kappa shape index (κ2) is 9.57. The quantitative estimate of drug-likeness (QED) is 0.311. The Kier molecular flexibility index (Phi) is 6.89. The monoisotopic (exact) mass is 430 g/mol. The molecule has 10 heteroatoms. The van der Waals surface area contributed by atoms with Crippen LogP contribution in [0.15, 0.2) is 46.2 Å². The lowest BCUT2D eigenvalue weighted by Gasteiger charge is -2.14. The van der Waals surface area contributed by atoms with Crippen molar-refractivity contribution < 1.29 is 9.21 Å². The average molecular weight is 431 g/mol. The molecule has 3 rings (SSSR count). The first-order chi connectivity index (χ1) is 14.0. The number of carbonyl (C=O) groups excluding carboxylic acids is 1. The minimum absolute atomic E-state index is 0.162. The molecule has 1 amide bonds. The van der Waals surface area contributed by atoms with Crippen molar-refractivity contribution in [2.24, 2.45) is 0 Å². The summed E-state index contributed by atoms with van der Waals surface area (Å²) in [7, 11) is 0. The van der Waals surface area contributed by atoms with Gasteiger partial charge >= 0.3 is 0 Å². The Morgan fingerprint density at radius 1 is 1.21 bits per heavy atom. The van der Waals surface area contributed by atoms with Crippen molar-refractivity contribution >= 4 is 40.7 Å². The van der Waals surface area contributed by atoms with Gasteiger partial charge in [-0.1, -0.05) is 23.9 Å². The van der Waals surface area contributed by atoms with Crippen LogP contribution in [0.1, 0.15) is 18.1 Å². The highest BCUT2D eigenvalue weighted by Crippen LogP contribution is 2.24. The Balaban J connectivity index is 1.50. The van der Waals surface area contributed by atoms with Crippen LogP contribution < -0.4 is 16.2 Å². The van der Waals surface area contributed by atoms with E-state index in [0.717, 1.165) is 16.8 Å². The highest BCUT2D eigenvalue weighted by Gasteiger charge is 2.16. The molecule has 0 fully saturated rings. The van der Waals surface area contributed by atoms with Gasteiger partial charge < -0.3 is 9.73 Å². The maximum atomic E-state index is 12.2. The van der Waals surface area contributed by atoms with Crippen LogP contribution in [-0.2, 0) is 11.3 Å². The number of hydrazine groups is 1. The zero-order chi connectivity index (χ0) is 20.8. The van der Waals surface area contributed by atoms with Gasteiger partial charge in [0.05, 0.1) is 12.0 Å². The maximum absolute atomic E-state index is 12.2. The van der Waals surface area contributed by atoms with E-state index in [-0.39, 0.29) is 11.7 Å². The van der Waals surface area contributed by atoms with Gasteiger partial charge in [0.25, 0.3) is 0 Å². The molecule has 0 atom stereocenters. The zero-order valence-corrected chi connectivity index (χ0v) is 18.0. The number of anilines is 1. The molecule has 152 valence electrons. The molecule has 0 aliphatic rings. The molecular weight excluding hydrogens is 408 g/mol. The molecule has 2 heterocycles. The number of carbonyl (C=O) groups is 1. The van der Waals surface area contributed by atoms with Gasteiger partial charge in [-0.3, -0.25) is 20.2 Å². The standard InChI is InChI=1S/C19H22N6O2S2/c1-4-25-17(15-9-6-10-27-15)22-24-19(25)29-11-16(26)21-23-18(28)20-14-8-5-7-12(2)13(14)3/h5-10H,4,11H2,1-3H3,(H,21,26)(H2,20,23,28). The topological polar surface area (TPSA) is 97.0 Å². The lowest BCUT2D eigenvalue weighted by atomic mass is 10.1. The largest absolute Gasteiger partial charge is 0.461 e. The first-order valence-electron chi connectivity index (χ1n) is 9.01. The smallest absolute Gasteiger partial charge is 0.248 e. The van der Waals surface area contributed by atoms with Gasteiger partial charge in [-0.2, -0.15) is 0 Å². The van der Waals surface area contributed by atoms with Crippen LogP contribution in [0.2, 0.25) is 0 Å². The number of thioether (sulfide) groups is 1. The van der Waals surface area contributed by atoms with Crippen molar-refractivity contribution in [1.29, 1.82) is 0 Å². The third-order valence-electron chi connectivity index (χ3n) is 4.28. The van der Waals surface area contributed by atoms with Crippen molar-refractivity contribution in [3.05, 3.63) is 47.7 Å². The SMILES string of the molecule is CCn1c(SCC(=O)NNC(=S)Nc2cccc(C)c2C)nnc1-c1ccco1. The Morgan fingerprint density at radius 2 is 2.03 bits per heavy atom. The average Bonchev–Trinajstić information content (AvgIpc) is 3.37. The summed E-state index contributed by atoms with van der Waals surface area (Å²) in [6, 6.07) is 9.53. The molecule has 0 radical (unpaired) electrons. The molecule has 8 nitrogen and oxygen atoms in total. The Hall–Kier alpha value is -2.85. The summed E-state index contributed by atoms with van der Waals surface area (Å²) in [6.45, 7) is 6.69. The normalized spacial score (nSPS) is 10.6. The first kappa shape index (κ1) is 20.9. The van der Waals surface area contributed by atoms with Crippen LogP contribution in [0.3, 0.4) is 0 Å². The summed E-state index contributed by atoms with van der Waals surface area (Å²) in [5, 5.41) is 12.4. The zero-order valence-electron chi connectivity index (χ0n) is 16.4. The van der Waals surface area contributed by atoms with Gasteiger partial charge in [-0.15, -0.1) is 10.2 Å². The predicted molar refractivity (Wildman–Crippen MR) is 118 cm³/mol. The molecule has 0 spiro atoms. The van der Waals surface area contributed by atoms with Gasteiger partial charge in [0.1, 0.15) is 0 Å². The number of amides is 1. The molecule has 0 saturated carbocycles. The van der Waals surface area contributed by atoms with E-state index in [4.69, 9.17) is 16.6 Å². The second-order valence-corrected chi connectivity index (χ2v) is 7.54. The Labute approximate surface area is 178 Å². The van der Waals surface area contributed by atoms with Crippen LogP contribution >= 0.6 is 24.0 Å². The van der Waals surface area contributed by atoms with Gasteiger partial charge in [-0.25, -0.2) is 0 Å². The number of aromatic nitrogens is 3. The van der Waals surface area contributed by atoms with Crippen LogP contribution in [-0.4, -0.2) is 31.5 Å². The predicted octanol–water partition coefficient (Wildman–Crippen LogP) is 3.28. The lowest BCUT2D eigenvalue weighted by Crippen LogP contribution is -2.44. The Bertz CT molecular complexity index is 1000. The third-order valence-corrected chi connectivity index (χ3v) is 5.45. The fraction of sp³-hybridized carbons (Fsp3) is 0.263. The van der Waals surface area contributed by atoms with Crippen molar-refractivity contribution in [3.8, 4) is 11.6 Å². The molecule has 0 unspecified atom stereocenters. The molecule has 2 aromatic heterocycles. The fourth-order valence-corrected chi connectivity index (χ4v) is 3.56. The number of aryl methyl sites for hydroxylation is 1. The van der Waals surface area contributed by atoms with Crippen molar-refractivity contribution in [1.82, 2.24) is 25.6 Å². The van der Waals surface area contributed by atoms with E-state index in [1.165, 1.54) is 11.8 Å². The number of benzene rings is 1. The summed E-state index contributed by atoms with van der Waals surface area (Å²) in [6.07, 6.45) is 1.59. The molecule has 3 aromatic rings. The van der Waals surface area contributed by atoms with Crippen LogP contribution in [0.25, 0.3) is 11.6 Å². The number of hydrogen-bond donors (Lipinski definition) is 3. The molecular formula is C19H22N6O2S2. The summed E-state index contributed by atoms with van der Waals surface area (Å²) >= 11 is 6.53. The van der Waals surface area contributed by atoms with E-state index < -0.39 is 0 Å². The highest BCUT2D eigenvalue weighted by atomic mass is 32.2. The van der Waals surface area contributed by atoms with E-state index in [1.807, 2.05) is 49.6 Å². The van der Waals surface area contributed by atoms with Crippen molar-refractivity contribution in [2.45, 2.75) is 32.5 Å². The van der Waals surface area contributed by atoms with E-state index in [0.29, 0.717) is 28.4 Å². The second-order valence-electron chi connectivity index (χ2n) is 6.19. The van der Waals surface area contributed by atoms with E-state index >= 15 is 0 Å². The van der Waals surface area contributed by atoms with Gasteiger partial charge in [-0.05, 0) is 62.3 Å². The number of thiocarbonyl (C=S) groups is 1. The van der Waals surface area contributed by atoms with Gasteiger partial charge in [0.15, 0.2) is 21.9 Å². The van der Waals surface area contributed by atoms with Gasteiger partial charge in [0, 0.05) is 12.2 Å². The maximum Gasteiger partial charge on any atom is 0.248 e. The van der Waals surface area contributed by atoms with Crippen molar-refractivity contribution in [3.63, 3.8) is 0 Å². The van der Waals surface area contributed by atoms with E-state index in [2.05, 4.69) is 26.4 Å². The number of furan rings is 1. The molecule has 0 saturated heterocycles. The summed E-state index contributed by atoms with van der Waals surface area (Å²) < 4.78 is 7.29. The molecule has 1 aromatic carbocycles.